The van der Waals surface area contributed by atoms with Crippen molar-refractivity contribution in [1.29, 1.82) is 0 Å². The zero-order valence-corrected chi connectivity index (χ0v) is 18.1. The Labute approximate surface area is 176 Å². The van der Waals surface area contributed by atoms with E-state index < -0.39 is 0 Å². The monoisotopic (exact) mass is 431 g/mol. The highest BCUT2D eigenvalue weighted by atomic mass is 35.5. The number of amides is 1. The number of carbonyl (C=O) groups is 1. The molecule has 150 valence electrons. The third-order valence-electron chi connectivity index (χ3n) is 5.37. The van der Waals surface area contributed by atoms with Crippen LogP contribution in [0.5, 0.6) is 0 Å². The number of aromatic nitrogens is 3. The lowest BCUT2D eigenvalue weighted by atomic mass is 10.1. The van der Waals surface area contributed by atoms with E-state index in [0.29, 0.717) is 12.5 Å². The fourth-order valence-electron chi connectivity index (χ4n) is 3.97. The first-order valence-electron chi connectivity index (χ1n) is 9.11. The van der Waals surface area contributed by atoms with Crippen molar-refractivity contribution in [2.24, 2.45) is 7.05 Å². The summed E-state index contributed by atoms with van der Waals surface area (Å²) >= 11 is 1.61. The second-order valence-electron chi connectivity index (χ2n) is 7.06. The molecule has 2 aliphatic rings. The molecule has 2 aromatic heterocycles. The van der Waals surface area contributed by atoms with Crippen LogP contribution in [0.4, 0.5) is 0 Å². The molecule has 0 spiro atoms. The Morgan fingerprint density at radius 2 is 2.04 bits per heavy atom. The van der Waals surface area contributed by atoms with Crippen LogP contribution in [0.2, 0.25) is 0 Å². The van der Waals surface area contributed by atoms with Crippen molar-refractivity contribution in [2.45, 2.75) is 44.6 Å². The Bertz CT molecular complexity index is 772. The summed E-state index contributed by atoms with van der Waals surface area (Å²) < 4.78 is 2.00. The predicted octanol–water partition coefficient (Wildman–Crippen LogP) is 3.47. The molecule has 1 N–H and O–H groups in total. The lowest BCUT2D eigenvalue weighted by Gasteiger charge is -2.35. The summed E-state index contributed by atoms with van der Waals surface area (Å²) in [5.41, 5.74) is 0.883. The van der Waals surface area contributed by atoms with Gasteiger partial charge in [-0.15, -0.1) is 36.2 Å². The highest BCUT2D eigenvalue weighted by Crippen LogP contribution is 2.38. The molecule has 1 saturated carbocycles. The first kappa shape index (κ1) is 22.1. The second kappa shape index (κ2) is 9.37. The van der Waals surface area contributed by atoms with Crippen molar-refractivity contribution in [2.75, 3.05) is 19.6 Å². The molecule has 9 heteroatoms. The third-order valence-corrected chi connectivity index (χ3v) is 6.68. The van der Waals surface area contributed by atoms with E-state index in [4.69, 9.17) is 4.98 Å². The molecule has 1 aliphatic heterocycles. The van der Waals surface area contributed by atoms with E-state index in [9.17, 15) is 4.79 Å². The Kier molecular flexibility index (Phi) is 7.68. The lowest BCUT2D eigenvalue weighted by Crippen LogP contribution is -2.49. The van der Waals surface area contributed by atoms with Crippen LogP contribution in [0.1, 0.15) is 63.8 Å². The number of aryl methyl sites for hydroxylation is 2. The Morgan fingerprint density at radius 3 is 2.70 bits per heavy atom. The number of thiazole rings is 1. The molecule has 2 fully saturated rings. The molecule has 6 nitrogen and oxygen atoms in total. The summed E-state index contributed by atoms with van der Waals surface area (Å²) in [5.74, 6) is 1.59. The molecule has 1 amide bonds. The highest BCUT2D eigenvalue weighted by molar-refractivity contribution is 7.13. The quantitative estimate of drug-likeness (QED) is 0.807. The SMILES string of the molecule is Cc1nc(C2CCCC2)sc1C(=O)N1CCNCC1c1nccn1C.Cl.Cl. The fourth-order valence-corrected chi connectivity index (χ4v) is 5.16. The van der Waals surface area contributed by atoms with Crippen LogP contribution in [-0.2, 0) is 7.05 Å². The molecular weight excluding hydrogens is 405 g/mol. The fraction of sp³-hybridized carbons (Fsp3) is 0.611. The van der Waals surface area contributed by atoms with Crippen LogP contribution in [0.3, 0.4) is 0 Å². The maximum absolute atomic E-state index is 13.3. The van der Waals surface area contributed by atoms with Gasteiger partial charge in [0.1, 0.15) is 16.7 Å². The van der Waals surface area contributed by atoms with Gasteiger partial charge in [-0.25, -0.2) is 9.97 Å². The first-order chi connectivity index (χ1) is 12.1. The van der Waals surface area contributed by atoms with Gasteiger partial charge in [-0.3, -0.25) is 4.79 Å². The van der Waals surface area contributed by atoms with E-state index in [1.165, 1.54) is 25.7 Å². The van der Waals surface area contributed by atoms with Crippen molar-refractivity contribution < 1.29 is 4.79 Å². The summed E-state index contributed by atoms with van der Waals surface area (Å²) in [6.07, 6.45) is 8.72. The van der Waals surface area contributed by atoms with Gasteiger partial charge in [0.2, 0.25) is 0 Å². The number of imidazole rings is 1. The van der Waals surface area contributed by atoms with Gasteiger partial charge >= 0.3 is 0 Å². The summed E-state index contributed by atoms with van der Waals surface area (Å²) in [7, 11) is 1.98. The van der Waals surface area contributed by atoms with Gasteiger partial charge in [0.25, 0.3) is 5.91 Å². The van der Waals surface area contributed by atoms with Gasteiger partial charge in [-0.2, -0.15) is 0 Å². The summed E-state index contributed by atoms with van der Waals surface area (Å²) in [6.45, 7) is 4.23. The largest absolute Gasteiger partial charge is 0.336 e. The topological polar surface area (TPSA) is 63.1 Å². The van der Waals surface area contributed by atoms with E-state index in [-0.39, 0.29) is 36.8 Å². The number of piperazine rings is 1. The minimum absolute atomic E-state index is 0. The Balaban J connectivity index is 0.00000131. The number of nitrogens with zero attached hydrogens (tertiary/aromatic N) is 4. The van der Waals surface area contributed by atoms with E-state index in [0.717, 1.165) is 34.5 Å². The number of hydrogen-bond acceptors (Lipinski definition) is 5. The summed E-state index contributed by atoms with van der Waals surface area (Å²) in [4.78, 5) is 25.3. The summed E-state index contributed by atoms with van der Waals surface area (Å²) in [6, 6.07) is -0.0299. The zero-order valence-electron chi connectivity index (χ0n) is 15.7. The van der Waals surface area contributed by atoms with Gasteiger partial charge in [0, 0.05) is 45.0 Å². The molecule has 4 rings (SSSR count). The first-order valence-corrected chi connectivity index (χ1v) is 9.93. The molecule has 1 atom stereocenters. The second-order valence-corrected chi connectivity index (χ2v) is 8.09. The van der Waals surface area contributed by atoms with Crippen LogP contribution in [0.15, 0.2) is 12.4 Å². The van der Waals surface area contributed by atoms with Crippen molar-refractivity contribution in [3.8, 4) is 0 Å². The van der Waals surface area contributed by atoms with Crippen molar-refractivity contribution in [1.82, 2.24) is 24.8 Å². The molecule has 1 saturated heterocycles. The van der Waals surface area contributed by atoms with Gasteiger partial charge in [-0.1, -0.05) is 12.8 Å². The minimum Gasteiger partial charge on any atom is -0.336 e. The van der Waals surface area contributed by atoms with Crippen LogP contribution in [-0.4, -0.2) is 45.0 Å². The Morgan fingerprint density at radius 1 is 1.30 bits per heavy atom. The van der Waals surface area contributed by atoms with Crippen molar-refractivity contribution >= 4 is 42.1 Å². The van der Waals surface area contributed by atoms with Gasteiger partial charge in [0.05, 0.1) is 10.7 Å². The molecule has 0 bridgehead atoms. The lowest BCUT2D eigenvalue weighted by molar-refractivity contribution is 0.0625. The van der Waals surface area contributed by atoms with Crippen LogP contribution >= 0.6 is 36.2 Å². The predicted molar refractivity (Wildman–Crippen MR) is 112 cm³/mol. The van der Waals surface area contributed by atoms with Crippen LogP contribution in [0.25, 0.3) is 0 Å². The molecule has 2 aromatic rings. The van der Waals surface area contributed by atoms with E-state index >= 15 is 0 Å². The third kappa shape index (κ3) is 4.31. The molecular formula is C18H27Cl2N5OS. The van der Waals surface area contributed by atoms with Crippen molar-refractivity contribution in [3.05, 3.63) is 33.8 Å². The van der Waals surface area contributed by atoms with Crippen molar-refractivity contribution in [3.63, 3.8) is 0 Å². The van der Waals surface area contributed by atoms with Crippen LogP contribution < -0.4 is 5.32 Å². The van der Waals surface area contributed by atoms with E-state index in [2.05, 4.69) is 10.3 Å². The van der Waals surface area contributed by atoms with Gasteiger partial charge < -0.3 is 14.8 Å². The van der Waals surface area contributed by atoms with E-state index in [1.54, 1.807) is 17.5 Å². The maximum atomic E-state index is 13.3. The number of halogens is 2. The number of carbonyl (C=O) groups excluding carboxylic acids is 1. The number of nitrogens with one attached hydrogen (secondary N) is 1. The number of hydrogen-bond donors (Lipinski definition) is 1. The average Bonchev–Trinajstić information content (AvgIpc) is 3.35. The molecule has 27 heavy (non-hydrogen) atoms. The molecule has 3 heterocycles. The summed E-state index contributed by atoms with van der Waals surface area (Å²) in [5, 5.41) is 4.55. The van der Waals surface area contributed by atoms with Gasteiger partial charge in [0.15, 0.2) is 0 Å². The zero-order chi connectivity index (χ0) is 17.4. The molecule has 0 aromatic carbocycles. The van der Waals surface area contributed by atoms with Crippen LogP contribution in [0, 0.1) is 6.92 Å². The minimum atomic E-state index is -0.0299. The molecule has 1 unspecified atom stereocenters. The average molecular weight is 432 g/mol. The standard InChI is InChI=1S/C18H25N5OS.2ClH/c1-12-15(25-17(21-12)13-5-3-4-6-13)18(24)23-10-7-19-11-14(23)16-20-8-9-22(16)2;;/h8-9,13-14,19H,3-7,10-11H2,1-2H3;2*1H. The highest BCUT2D eigenvalue weighted by Gasteiger charge is 2.33. The maximum Gasteiger partial charge on any atom is 0.266 e. The number of rotatable bonds is 3. The van der Waals surface area contributed by atoms with Gasteiger partial charge in [-0.05, 0) is 19.8 Å². The smallest absolute Gasteiger partial charge is 0.266 e. The Hall–Kier alpha value is -1.15. The molecule has 1 aliphatic carbocycles. The normalized spacial score (nSPS) is 20.2. The molecule has 0 radical (unpaired) electrons. The van der Waals surface area contributed by atoms with E-state index in [1.807, 2.05) is 29.6 Å².